The fourth-order valence-electron chi connectivity index (χ4n) is 1.72. The highest BCUT2D eigenvalue weighted by Crippen LogP contribution is 2.30. The number of hydrogen-bond donors (Lipinski definition) is 2. The normalized spacial score (nSPS) is 10.3. The van der Waals surface area contributed by atoms with E-state index in [2.05, 4.69) is 5.32 Å². The van der Waals surface area contributed by atoms with Gasteiger partial charge in [-0.1, -0.05) is 11.6 Å². The van der Waals surface area contributed by atoms with Gasteiger partial charge in [-0.25, -0.2) is 4.39 Å². The fraction of sp³-hybridized carbons (Fsp3) is 0.143. The Hall–Kier alpha value is -1.94. The van der Waals surface area contributed by atoms with Gasteiger partial charge in [-0.2, -0.15) is 0 Å². The maximum atomic E-state index is 13.4. The van der Waals surface area contributed by atoms with Crippen LogP contribution in [-0.4, -0.2) is 7.11 Å². The van der Waals surface area contributed by atoms with Crippen molar-refractivity contribution in [2.75, 3.05) is 18.2 Å². The van der Waals surface area contributed by atoms with Gasteiger partial charge >= 0.3 is 0 Å². The van der Waals surface area contributed by atoms with Crippen molar-refractivity contribution in [2.45, 2.75) is 6.92 Å². The summed E-state index contributed by atoms with van der Waals surface area (Å²) in [5.41, 5.74) is 8.47. The van der Waals surface area contributed by atoms with Gasteiger partial charge in [-0.05, 0) is 36.8 Å². The van der Waals surface area contributed by atoms with Crippen LogP contribution < -0.4 is 15.8 Å². The first kappa shape index (κ1) is 13.5. The van der Waals surface area contributed by atoms with Gasteiger partial charge in [0.1, 0.15) is 11.6 Å². The van der Waals surface area contributed by atoms with Crippen molar-refractivity contribution in [3.63, 3.8) is 0 Å². The summed E-state index contributed by atoms with van der Waals surface area (Å²) >= 11 is 5.66. The lowest BCUT2D eigenvalue weighted by molar-refractivity contribution is 0.414. The molecule has 3 N–H and O–H groups in total. The molecule has 100 valence electrons. The Labute approximate surface area is 116 Å². The van der Waals surface area contributed by atoms with E-state index in [1.165, 1.54) is 12.1 Å². The number of nitrogens with one attached hydrogen (secondary N) is 1. The molecule has 0 aliphatic rings. The van der Waals surface area contributed by atoms with Crippen LogP contribution in [0.5, 0.6) is 5.75 Å². The third kappa shape index (κ3) is 2.90. The Bertz CT molecular complexity index is 617. The summed E-state index contributed by atoms with van der Waals surface area (Å²) in [6.45, 7) is 1.92. The minimum Gasteiger partial charge on any atom is -0.497 e. The first-order chi connectivity index (χ1) is 9.01. The van der Waals surface area contributed by atoms with Gasteiger partial charge in [0.15, 0.2) is 0 Å². The Kier molecular flexibility index (Phi) is 3.81. The highest BCUT2D eigenvalue weighted by molar-refractivity contribution is 6.31. The number of aryl methyl sites for hydroxylation is 1. The molecule has 5 heteroatoms. The molecule has 0 unspecified atom stereocenters. The van der Waals surface area contributed by atoms with E-state index in [4.69, 9.17) is 22.1 Å². The number of methoxy groups -OCH3 is 1. The third-order valence-electron chi connectivity index (χ3n) is 2.80. The first-order valence-electron chi connectivity index (χ1n) is 5.67. The van der Waals surface area contributed by atoms with Crippen molar-refractivity contribution < 1.29 is 9.13 Å². The number of halogens is 2. The molecule has 0 saturated heterocycles. The molecule has 0 saturated carbocycles. The molecule has 0 heterocycles. The fourth-order valence-corrected chi connectivity index (χ4v) is 1.89. The second-order valence-electron chi connectivity index (χ2n) is 4.16. The molecule has 0 radical (unpaired) electrons. The zero-order valence-electron chi connectivity index (χ0n) is 10.6. The van der Waals surface area contributed by atoms with Crippen LogP contribution in [0.3, 0.4) is 0 Å². The molecule has 2 aromatic rings. The number of hydrogen-bond acceptors (Lipinski definition) is 3. The minimum absolute atomic E-state index is 0.00880. The summed E-state index contributed by atoms with van der Waals surface area (Å²) in [6, 6.07) is 8.21. The quantitative estimate of drug-likeness (QED) is 0.831. The number of rotatable bonds is 3. The van der Waals surface area contributed by atoms with Gasteiger partial charge in [0, 0.05) is 11.8 Å². The van der Waals surface area contributed by atoms with Crippen molar-refractivity contribution in [3.05, 3.63) is 46.7 Å². The number of benzene rings is 2. The van der Waals surface area contributed by atoms with Crippen LogP contribution in [0.4, 0.5) is 21.5 Å². The predicted molar refractivity (Wildman–Crippen MR) is 76.8 cm³/mol. The Morgan fingerprint density at radius 1 is 1.21 bits per heavy atom. The Morgan fingerprint density at radius 2 is 1.95 bits per heavy atom. The zero-order valence-corrected chi connectivity index (χ0v) is 11.4. The van der Waals surface area contributed by atoms with Crippen molar-refractivity contribution in [3.8, 4) is 5.75 Å². The molecular formula is C14H14ClFN2O. The zero-order chi connectivity index (χ0) is 14.0. The van der Waals surface area contributed by atoms with Gasteiger partial charge in [-0.3, -0.25) is 0 Å². The lowest BCUT2D eigenvalue weighted by Crippen LogP contribution is -1.99. The van der Waals surface area contributed by atoms with Gasteiger partial charge in [0.2, 0.25) is 0 Å². The van der Waals surface area contributed by atoms with Gasteiger partial charge in [0.25, 0.3) is 0 Å². The summed E-state index contributed by atoms with van der Waals surface area (Å²) in [5.74, 6) is 0.253. The molecule has 19 heavy (non-hydrogen) atoms. The second kappa shape index (κ2) is 5.36. The molecule has 0 bridgehead atoms. The van der Waals surface area contributed by atoms with Crippen LogP contribution in [0.2, 0.25) is 5.02 Å². The van der Waals surface area contributed by atoms with Gasteiger partial charge in [-0.15, -0.1) is 0 Å². The molecular weight excluding hydrogens is 267 g/mol. The largest absolute Gasteiger partial charge is 0.497 e. The van der Waals surface area contributed by atoms with Crippen molar-refractivity contribution in [1.29, 1.82) is 0 Å². The number of nitrogen functional groups attached to an aromatic ring is 1. The summed E-state index contributed by atoms with van der Waals surface area (Å²) in [5, 5.41) is 3.09. The molecule has 2 aromatic carbocycles. The van der Waals surface area contributed by atoms with E-state index in [0.29, 0.717) is 11.4 Å². The number of ether oxygens (including phenoxy) is 1. The lowest BCUT2D eigenvalue weighted by Gasteiger charge is -2.13. The second-order valence-corrected chi connectivity index (χ2v) is 4.57. The maximum absolute atomic E-state index is 13.4. The summed E-state index contributed by atoms with van der Waals surface area (Å²) < 4.78 is 18.6. The lowest BCUT2D eigenvalue weighted by atomic mass is 10.1. The molecule has 0 spiro atoms. The van der Waals surface area contributed by atoms with E-state index in [0.717, 1.165) is 17.0 Å². The van der Waals surface area contributed by atoms with E-state index in [-0.39, 0.29) is 5.02 Å². The van der Waals surface area contributed by atoms with Gasteiger partial charge in [0.05, 0.1) is 23.5 Å². The Balaban J connectivity index is 2.33. The van der Waals surface area contributed by atoms with Crippen LogP contribution >= 0.6 is 11.6 Å². The monoisotopic (exact) mass is 280 g/mol. The molecule has 0 aromatic heterocycles. The molecule has 2 rings (SSSR count). The smallest absolute Gasteiger partial charge is 0.144 e. The van der Waals surface area contributed by atoms with Crippen LogP contribution in [-0.2, 0) is 0 Å². The van der Waals surface area contributed by atoms with Crippen molar-refractivity contribution in [2.24, 2.45) is 0 Å². The molecule has 0 fully saturated rings. The molecule has 0 aliphatic carbocycles. The van der Waals surface area contributed by atoms with Crippen molar-refractivity contribution >= 4 is 28.7 Å². The van der Waals surface area contributed by atoms with Crippen LogP contribution in [0.1, 0.15) is 5.56 Å². The topological polar surface area (TPSA) is 47.3 Å². The van der Waals surface area contributed by atoms with E-state index < -0.39 is 5.82 Å². The average molecular weight is 281 g/mol. The Morgan fingerprint density at radius 3 is 2.58 bits per heavy atom. The van der Waals surface area contributed by atoms with Crippen LogP contribution in [0.25, 0.3) is 0 Å². The summed E-state index contributed by atoms with van der Waals surface area (Å²) in [6.07, 6.45) is 0. The van der Waals surface area contributed by atoms with Crippen molar-refractivity contribution in [1.82, 2.24) is 0 Å². The van der Waals surface area contributed by atoms with Gasteiger partial charge < -0.3 is 15.8 Å². The van der Waals surface area contributed by atoms with Crippen LogP contribution in [0, 0.1) is 12.7 Å². The SMILES string of the molecule is COc1ccc(Nc2cc(F)c(Cl)cc2N)c(C)c1. The summed E-state index contributed by atoms with van der Waals surface area (Å²) in [7, 11) is 1.61. The first-order valence-corrected chi connectivity index (χ1v) is 6.05. The molecule has 0 aliphatic heterocycles. The van der Waals surface area contributed by atoms with E-state index in [1.807, 2.05) is 25.1 Å². The minimum atomic E-state index is -0.510. The van der Waals surface area contributed by atoms with E-state index >= 15 is 0 Å². The predicted octanol–water partition coefficient (Wildman–Crippen LogP) is 4.12. The average Bonchev–Trinajstić information content (AvgIpc) is 2.38. The third-order valence-corrected chi connectivity index (χ3v) is 3.09. The maximum Gasteiger partial charge on any atom is 0.144 e. The molecule has 0 atom stereocenters. The molecule has 3 nitrogen and oxygen atoms in total. The molecule has 0 amide bonds. The highest BCUT2D eigenvalue weighted by atomic mass is 35.5. The van der Waals surface area contributed by atoms with Crippen LogP contribution in [0.15, 0.2) is 30.3 Å². The van der Waals surface area contributed by atoms with E-state index in [1.54, 1.807) is 7.11 Å². The number of nitrogens with two attached hydrogens (primary N) is 1. The van der Waals surface area contributed by atoms with E-state index in [9.17, 15) is 4.39 Å². The standard InChI is InChI=1S/C14H14ClFN2O/c1-8-5-9(19-2)3-4-13(8)18-14-7-11(16)10(15)6-12(14)17/h3-7,18H,17H2,1-2H3. The highest BCUT2D eigenvalue weighted by Gasteiger charge is 2.08. The number of anilines is 3. The summed E-state index contributed by atoms with van der Waals surface area (Å²) in [4.78, 5) is 0.